The van der Waals surface area contributed by atoms with E-state index >= 15 is 0 Å². The monoisotopic (exact) mass is 301 g/mol. The number of amides is 1. The third-order valence-electron chi connectivity index (χ3n) is 3.32. The zero-order valence-electron chi connectivity index (χ0n) is 12.7. The Morgan fingerprint density at radius 2 is 1.95 bits per heavy atom. The number of esters is 1. The molecule has 1 heterocycles. The van der Waals surface area contributed by atoms with Crippen molar-refractivity contribution < 1.29 is 18.7 Å². The molecular formula is C17H19NO4. The smallest absolute Gasteiger partial charge is 0.374 e. The average Bonchev–Trinajstić information content (AvgIpc) is 3.07. The predicted molar refractivity (Wildman–Crippen MR) is 81.4 cm³/mol. The van der Waals surface area contributed by atoms with Gasteiger partial charge in [-0.3, -0.25) is 4.79 Å². The molecule has 5 nitrogen and oxygen atoms in total. The van der Waals surface area contributed by atoms with Gasteiger partial charge in [0.25, 0.3) is 5.91 Å². The minimum Gasteiger partial charge on any atom is -0.457 e. The molecule has 0 aliphatic heterocycles. The highest BCUT2D eigenvalue weighted by molar-refractivity contribution is 5.88. The molecule has 2 rings (SSSR count). The van der Waals surface area contributed by atoms with E-state index in [9.17, 15) is 9.59 Å². The lowest BCUT2D eigenvalue weighted by molar-refractivity contribution is -0.124. The van der Waals surface area contributed by atoms with E-state index in [1.165, 1.54) is 17.9 Å². The van der Waals surface area contributed by atoms with Crippen LogP contribution in [0, 0.1) is 0 Å². The molecule has 0 unspecified atom stereocenters. The van der Waals surface area contributed by atoms with Gasteiger partial charge in [-0.2, -0.15) is 0 Å². The van der Waals surface area contributed by atoms with E-state index in [1.807, 2.05) is 31.2 Å². The molecule has 0 saturated heterocycles. The van der Waals surface area contributed by atoms with Crippen molar-refractivity contribution in [3.05, 3.63) is 59.5 Å². The summed E-state index contributed by atoms with van der Waals surface area (Å²) in [5.41, 5.74) is 2.25. The number of nitrogens with one attached hydrogen (secondary N) is 1. The van der Waals surface area contributed by atoms with Crippen LogP contribution < -0.4 is 5.32 Å². The van der Waals surface area contributed by atoms with Crippen LogP contribution in [0.1, 0.15) is 41.6 Å². The van der Waals surface area contributed by atoms with Gasteiger partial charge in [-0.15, -0.1) is 0 Å². The maximum Gasteiger partial charge on any atom is 0.374 e. The quantitative estimate of drug-likeness (QED) is 0.833. The lowest BCUT2D eigenvalue weighted by atomic mass is 10.1. The molecule has 2 aromatic rings. The van der Waals surface area contributed by atoms with E-state index < -0.39 is 5.97 Å². The van der Waals surface area contributed by atoms with E-state index in [0.29, 0.717) is 0 Å². The maximum absolute atomic E-state index is 11.8. The summed E-state index contributed by atoms with van der Waals surface area (Å²) in [4.78, 5) is 23.3. The van der Waals surface area contributed by atoms with Gasteiger partial charge >= 0.3 is 5.97 Å². The van der Waals surface area contributed by atoms with Crippen molar-refractivity contribution in [1.82, 2.24) is 5.32 Å². The Morgan fingerprint density at radius 1 is 1.23 bits per heavy atom. The third kappa shape index (κ3) is 4.22. The van der Waals surface area contributed by atoms with Crippen LogP contribution in [0.4, 0.5) is 0 Å². The Kier molecular flexibility index (Phi) is 5.36. The maximum atomic E-state index is 11.8. The summed E-state index contributed by atoms with van der Waals surface area (Å²) in [6, 6.07) is 11.0. The van der Waals surface area contributed by atoms with Crippen molar-refractivity contribution in [3.63, 3.8) is 0 Å². The van der Waals surface area contributed by atoms with Gasteiger partial charge in [0, 0.05) is 0 Å². The minimum atomic E-state index is -0.653. The van der Waals surface area contributed by atoms with Crippen LogP contribution in [-0.2, 0) is 16.0 Å². The van der Waals surface area contributed by atoms with Gasteiger partial charge in [0.2, 0.25) is 5.76 Å². The number of aryl methyl sites for hydroxylation is 1. The van der Waals surface area contributed by atoms with Crippen LogP contribution in [0.2, 0.25) is 0 Å². The second-order valence-corrected chi connectivity index (χ2v) is 4.94. The van der Waals surface area contributed by atoms with Crippen LogP contribution in [0.25, 0.3) is 0 Å². The van der Waals surface area contributed by atoms with Gasteiger partial charge in [-0.05, 0) is 36.6 Å². The number of benzene rings is 1. The number of hydrogen-bond donors (Lipinski definition) is 1. The Balaban J connectivity index is 1.81. The van der Waals surface area contributed by atoms with Crippen molar-refractivity contribution in [2.24, 2.45) is 0 Å². The molecule has 0 fully saturated rings. The largest absolute Gasteiger partial charge is 0.457 e. The zero-order chi connectivity index (χ0) is 15.9. The van der Waals surface area contributed by atoms with Crippen LogP contribution in [0.5, 0.6) is 0 Å². The van der Waals surface area contributed by atoms with Gasteiger partial charge in [0.05, 0.1) is 12.3 Å². The molecule has 0 saturated carbocycles. The number of carbonyl (C=O) groups is 2. The number of hydrogen-bond acceptors (Lipinski definition) is 4. The van der Waals surface area contributed by atoms with Crippen LogP contribution in [-0.4, -0.2) is 18.5 Å². The van der Waals surface area contributed by atoms with E-state index in [2.05, 4.69) is 12.2 Å². The van der Waals surface area contributed by atoms with Crippen molar-refractivity contribution in [1.29, 1.82) is 0 Å². The summed E-state index contributed by atoms with van der Waals surface area (Å²) >= 11 is 0. The SMILES string of the molecule is CCc1ccc([C@@H](C)NC(=O)COC(=O)c2ccco2)cc1. The second-order valence-electron chi connectivity index (χ2n) is 4.94. The highest BCUT2D eigenvalue weighted by Crippen LogP contribution is 2.13. The molecule has 1 atom stereocenters. The second kappa shape index (κ2) is 7.45. The topological polar surface area (TPSA) is 68.5 Å². The highest BCUT2D eigenvalue weighted by Gasteiger charge is 2.14. The first-order valence-electron chi connectivity index (χ1n) is 7.19. The highest BCUT2D eigenvalue weighted by atomic mass is 16.5. The van der Waals surface area contributed by atoms with E-state index in [0.717, 1.165) is 12.0 Å². The molecule has 0 aliphatic rings. The molecule has 116 valence electrons. The van der Waals surface area contributed by atoms with E-state index in [4.69, 9.17) is 9.15 Å². The van der Waals surface area contributed by atoms with Crippen molar-refractivity contribution in [2.45, 2.75) is 26.3 Å². The average molecular weight is 301 g/mol. The van der Waals surface area contributed by atoms with Crippen LogP contribution in [0.15, 0.2) is 47.1 Å². The lowest BCUT2D eigenvalue weighted by Gasteiger charge is -2.14. The summed E-state index contributed by atoms with van der Waals surface area (Å²) < 4.78 is 9.77. The molecule has 1 N–H and O–H groups in total. The summed E-state index contributed by atoms with van der Waals surface area (Å²) in [5, 5.41) is 2.79. The number of carbonyl (C=O) groups excluding carboxylic acids is 2. The Morgan fingerprint density at radius 3 is 2.55 bits per heavy atom. The fourth-order valence-corrected chi connectivity index (χ4v) is 2.01. The first-order chi connectivity index (χ1) is 10.6. The molecule has 1 aromatic heterocycles. The van der Waals surface area contributed by atoms with Crippen molar-refractivity contribution in [3.8, 4) is 0 Å². The molecule has 1 aromatic carbocycles. The molecule has 0 bridgehead atoms. The predicted octanol–water partition coefficient (Wildman–Crippen LogP) is 2.88. The molecule has 0 spiro atoms. The standard InChI is InChI=1S/C17H19NO4/c1-3-13-6-8-14(9-7-13)12(2)18-16(19)11-22-17(20)15-5-4-10-21-15/h4-10,12H,3,11H2,1-2H3,(H,18,19)/t12-/m1/s1. The number of rotatable bonds is 6. The Labute approximate surface area is 129 Å². The van der Waals surface area contributed by atoms with Gasteiger partial charge < -0.3 is 14.5 Å². The summed E-state index contributed by atoms with van der Waals surface area (Å²) in [6.45, 7) is 3.64. The van der Waals surface area contributed by atoms with Crippen molar-refractivity contribution >= 4 is 11.9 Å². The van der Waals surface area contributed by atoms with Gasteiger partial charge in [0.1, 0.15) is 0 Å². The summed E-state index contributed by atoms with van der Waals surface area (Å²) in [7, 11) is 0. The molecule has 0 radical (unpaired) electrons. The van der Waals surface area contributed by atoms with E-state index in [-0.39, 0.29) is 24.3 Å². The fraction of sp³-hybridized carbons (Fsp3) is 0.294. The van der Waals surface area contributed by atoms with Gasteiger partial charge in [-0.1, -0.05) is 31.2 Å². The van der Waals surface area contributed by atoms with E-state index in [1.54, 1.807) is 6.07 Å². The Bertz CT molecular complexity index is 617. The number of ether oxygens (including phenoxy) is 1. The first kappa shape index (κ1) is 15.8. The van der Waals surface area contributed by atoms with Crippen molar-refractivity contribution in [2.75, 3.05) is 6.61 Å². The first-order valence-corrected chi connectivity index (χ1v) is 7.19. The third-order valence-corrected chi connectivity index (χ3v) is 3.32. The van der Waals surface area contributed by atoms with Gasteiger partial charge in [0.15, 0.2) is 6.61 Å². The normalized spacial score (nSPS) is 11.7. The zero-order valence-corrected chi connectivity index (χ0v) is 12.7. The number of furan rings is 1. The molecule has 0 aliphatic carbocycles. The summed E-state index contributed by atoms with van der Waals surface area (Å²) in [5.74, 6) is -0.928. The molecule has 22 heavy (non-hydrogen) atoms. The molecule has 5 heteroatoms. The Hall–Kier alpha value is -2.56. The molecular weight excluding hydrogens is 282 g/mol. The van der Waals surface area contributed by atoms with Crippen LogP contribution in [0.3, 0.4) is 0 Å². The van der Waals surface area contributed by atoms with Crippen LogP contribution >= 0.6 is 0 Å². The minimum absolute atomic E-state index is 0.0796. The fourth-order valence-electron chi connectivity index (χ4n) is 2.01. The molecule has 1 amide bonds. The summed E-state index contributed by atoms with van der Waals surface area (Å²) in [6.07, 6.45) is 2.35. The van der Waals surface area contributed by atoms with Gasteiger partial charge in [-0.25, -0.2) is 4.79 Å². The lowest BCUT2D eigenvalue weighted by Crippen LogP contribution is -2.31.